The number of hydrogen-bond acceptors (Lipinski definition) is 6. The van der Waals surface area contributed by atoms with E-state index in [1.165, 1.54) is 36.3 Å². The summed E-state index contributed by atoms with van der Waals surface area (Å²) in [5.74, 6) is -0.0469. The summed E-state index contributed by atoms with van der Waals surface area (Å²) in [5, 5.41) is 20.2. The average Bonchev–Trinajstić information content (AvgIpc) is 2.91. The van der Waals surface area contributed by atoms with Crippen molar-refractivity contribution in [1.82, 2.24) is 15.2 Å². The van der Waals surface area contributed by atoms with E-state index in [-0.39, 0.29) is 17.3 Å². The lowest BCUT2D eigenvalue weighted by Gasteiger charge is -2.07. The van der Waals surface area contributed by atoms with Crippen LogP contribution in [0.15, 0.2) is 29.7 Å². The Morgan fingerprint density at radius 3 is 2.95 bits per heavy atom. The van der Waals surface area contributed by atoms with Crippen molar-refractivity contribution in [2.45, 2.75) is 12.1 Å². The molecule has 2 aromatic rings. The predicted octanol–water partition coefficient (Wildman–Crippen LogP) is 1.75. The fourth-order valence-electron chi connectivity index (χ4n) is 1.49. The molecule has 0 saturated heterocycles. The number of aromatic nitrogens is 3. The van der Waals surface area contributed by atoms with Crippen LogP contribution in [0.4, 0.5) is 11.4 Å². The number of nitrogens with one attached hydrogen (secondary N) is 2. The first-order valence-corrected chi connectivity index (χ1v) is 6.58. The van der Waals surface area contributed by atoms with Crippen LogP contribution >= 0.6 is 11.8 Å². The number of aromatic amines is 1. The Hall–Kier alpha value is -2.42. The molecule has 9 heteroatoms. The standard InChI is InChI=1S/C11H11N5O3S/c1-7-4-8(16(18)19)2-3-9(7)14-10(17)5-20-11-12-6-13-15-11/h2-4,6H,5H2,1H3,(H,14,17)(H,12,13,15). The molecule has 0 aliphatic rings. The molecule has 0 saturated carbocycles. The van der Waals surface area contributed by atoms with Crippen LogP contribution in [0.25, 0.3) is 0 Å². The van der Waals surface area contributed by atoms with Crippen LogP contribution in [0.3, 0.4) is 0 Å². The molecule has 0 unspecified atom stereocenters. The Morgan fingerprint density at radius 2 is 2.35 bits per heavy atom. The largest absolute Gasteiger partial charge is 0.325 e. The van der Waals surface area contributed by atoms with E-state index < -0.39 is 4.92 Å². The smallest absolute Gasteiger partial charge is 0.269 e. The summed E-state index contributed by atoms with van der Waals surface area (Å²) in [6, 6.07) is 4.29. The summed E-state index contributed by atoms with van der Waals surface area (Å²) in [6.45, 7) is 1.70. The molecule has 0 bridgehead atoms. The van der Waals surface area contributed by atoms with Crippen LogP contribution in [0.2, 0.25) is 0 Å². The van der Waals surface area contributed by atoms with Gasteiger partial charge >= 0.3 is 0 Å². The zero-order chi connectivity index (χ0) is 14.5. The van der Waals surface area contributed by atoms with Crippen molar-refractivity contribution in [2.75, 3.05) is 11.1 Å². The summed E-state index contributed by atoms with van der Waals surface area (Å²) in [6.07, 6.45) is 1.36. The third-order valence-corrected chi connectivity index (χ3v) is 3.30. The van der Waals surface area contributed by atoms with E-state index in [9.17, 15) is 14.9 Å². The van der Waals surface area contributed by atoms with Gasteiger partial charge in [0, 0.05) is 17.8 Å². The molecule has 1 aromatic heterocycles. The van der Waals surface area contributed by atoms with Crippen molar-refractivity contribution in [3.05, 3.63) is 40.2 Å². The number of H-pyrrole nitrogens is 1. The number of rotatable bonds is 5. The van der Waals surface area contributed by atoms with Crippen molar-refractivity contribution < 1.29 is 9.72 Å². The molecule has 104 valence electrons. The van der Waals surface area contributed by atoms with Gasteiger partial charge in [-0.1, -0.05) is 11.8 Å². The number of nitro benzene ring substituents is 1. The predicted molar refractivity (Wildman–Crippen MR) is 73.6 cm³/mol. The van der Waals surface area contributed by atoms with Crippen LogP contribution in [0, 0.1) is 17.0 Å². The first kappa shape index (κ1) is 14.0. The van der Waals surface area contributed by atoms with Gasteiger partial charge in [0.15, 0.2) is 5.16 Å². The van der Waals surface area contributed by atoms with Crippen LogP contribution in [0.1, 0.15) is 5.56 Å². The minimum absolute atomic E-state index is 0.00321. The molecule has 1 heterocycles. The van der Waals surface area contributed by atoms with Gasteiger partial charge < -0.3 is 5.32 Å². The highest BCUT2D eigenvalue weighted by molar-refractivity contribution is 7.99. The molecular weight excluding hydrogens is 282 g/mol. The minimum atomic E-state index is -0.474. The van der Waals surface area contributed by atoms with E-state index in [2.05, 4.69) is 20.5 Å². The molecule has 1 amide bonds. The molecule has 0 atom stereocenters. The summed E-state index contributed by atoms with van der Waals surface area (Å²) in [5.41, 5.74) is 1.19. The van der Waals surface area contributed by atoms with Gasteiger partial charge in [0.05, 0.1) is 10.7 Å². The van der Waals surface area contributed by atoms with E-state index in [0.29, 0.717) is 16.4 Å². The molecule has 20 heavy (non-hydrogen) atoms. The number of hydrogen-bond donors (Lipinski definition) is 2. The summed E-state index contributed by atoms with van der Waals surface area (Å²) >= 11 is 1.22. The molecule has 2 rings (SSSR count). The van der Waals surface area contributed by atoms with Crippen molar-refractivity contribution in [2.24, 2.45) is 0 Å². The van der Waals surface area contributed by atoms with Crippen LogP contribution in [-0.4, -0.2) is 31.8 Å². The maximum Gasteiger partial charge on any atom is 0.269 e. The molecule has 8 nitrogen and oxygen atoms in total. The maximum absolute atomic E-state index is 11.8. The van der Waals surface area contributed by atoms with E-state index in [1.54, 1.807) is 6.92 Å². The van der Waals surface area contributed by atoms with Crippen molar-refractivity contribution in [3.63, 3.8) is 0 Å². The lowest BCUT2D eigenvalue weighted by atomic mass is 10.2. The lowest BCUT2D eigenvalue weighted by Crippen LogP contribution is -2.15. The summed E-state index contributed by atoms with van der Waals surface area (Å²) in [4.78, 5) is 25.8. The van der Waals surface area contributed by atoms with Crippen LogP contribution < -0.4 is 5.32 Å². The van der Waals surface area contributed by atoms with Gasteiger partial charge in [-0.15, -0.1) is 0 Å². The van der Waals surface area contributed by atoms with Crippen LogP contribution in [-0.2, 0) is 4.79 Å². The second-order valence-corrected chi connectivity index (χ2v) is 4.85. The van der Waals surface area contributed by atoms with Gasteiger partial charge in [-0.3, -0.25) is 20.0 Å². The molecule has 0 radical (unpaired) electrons. The second kappa shape index (κ2) is 6.15. The Bertz CT molecular complexity index is 629. The fourth-order valence-corrected chi connectivity index (χ4v) is 2.06. The van der Waals surface area contributed by atoms with Gasteiger partial charge in [-0.05, 0) is 18.6 Å². The molecule has 2 N–H and O–H groups in total. The second-order valence-electron chi connectivity index (χ2n) is 3.88. The highest BCUT2D eigenvalue weighted by Gasteiger charge is 2.10. The van der Waals surface area contributed by atoms with Crippen molar-refractivity contribution >= 4 is 29.0 Å². The molecule has 0 spiro atoms. The zero-order valence-corrected chi connectivity index (χ0v) is 11.3. The van der Waals surface area contributed by atoms with E-state index >= 15 is 0 Å². The number of carbonyl (C=O) groups excluding carboxylic acids is 1. The SMILES string of the molecule is Cc1cc([N+](=O)[O-])ccc1NC(=O)CSc1ncn[nH]1. The van der Waals surface area contributed by atoms with E-state index in [4.69, 9.17) is 0 Å². The van der Waals surface area contributed by atoms with E-state index in [1.807, 2.05) is 0 Å². The van der Waals surface area contributed by atoms with Crippen LogP contribution in [0.5, 0.6) is 0 Å². The lowest BCUT2D eigenvalue weighted by molar-refractivity contribution is -0.384. The molecule has 1 aromatic carbocycles. The van der Waals surface area contributed by atoms with Gasteiger partial charge in [0.1, 0.15) is 6.33 Å². The molecule has 0 fully saturated rings. The quantitative estimate of drug-likeness (QED) is 0.493. The maximum atomic E-state index is 11.8. The number of amides is 1. The van der Waals surface area contributed by atoms with Gasteiger partial charge in [-0.25, -0.2) is 4.98 Å². The number of nitrogens with zero attached hydrogens (tertiary/aromatic N) is 3. The Balaban J connectivity index is 1.95. The highest BCUT2D eigenvalue weighted by Crippen LogP contribution is 2.21. The minimum Gasteiger partial charge on any atom is -0.325 e. The number of nitro groups is 1. The van der Waals surface area contributed by atoms with Gasteiger partial charge in [0.2, 0.25) is 5.91 Å². The first-order valence-electron chi connectivity index (χ1n) is 5.59. The summed E-state index contributed by atoms with van der Waals surface area (Å²) < 4.78 is 0. The Kier molecular flexibility index (Phi) is 4.31. The summed E-state index contributed by atoms with van der Waals surface area (Å²) in [7, 11) is 0. The number of benzene rings is 1. The van der Waals surface area contributed by atoms with E-state index in [0.717, 1.165) is 0 Å². The van der Waals surface area contributed by atoms with Crippen molar-refractivity contribution in [1.29, 1.82) is 0 Å². The number of non-ortho nitro benzene ring substituents is 1. The third-order valence-electron chi connectivity index (χ3n) is 2.43. The Morgan fingerprint density at radius 1 is 1.55 bits per heavy atom. The Labute approximate surface area is 118 Å². The number of aryl methyl sites for hydroxylation is 1. The molecule has 0 aliphatic heterocycles. The monoisotopic (exact) mass is 293 g/mol. The third kappa shape index (κ3) is 3.54. The molecule has 0 aliphatic carbocycles. The van der Waals surface area contributed by atoms with Gasteiger partial charge in [0.25, 0.3) is 5.69 Å². The fraction of sp³-hybridized carbons (Fsp3) is 0.182. The van der Waals surface area contributed by atoms with Gasteiger partial charge in [-0.2, -0.15) is 5.10 Å². The van der Waals surface area contributed by atoms with Crippen molar-refractivity contribution in [3.8, 4) is 0 Å². The normalized spacial score (nSPS) is 10.2. The molecular formula is C11H11N5O3S. The number of carbonyl (C=O) groups is 1. The zero-order valence-electron chi connectivity index (χ0n) is 10.5. The highest BCUT2D eigenvalue weighted by atomic mass is 32.2. The number of anilines is 1. The average molecular weight is 293 g/mol. The first-order chi connectivity index (χ1) is 9.56. The topological polar surface area (TPSA) is 114 Å². The number of thioether (sulfide) groups is 1.